The SMILES string of the molecule is CC(=O)N1CCCc2cc(S(=O)(=O)N3CCC(C(=O)NCc4ccc(Cl)cc4)CC3)ccc21. The first-order valence-electron chi connectivity index (χ1n) is 11.2. The van der Waals surface area contributed by atoms with Crippen LogP contribution in [0, 0.1) is 5.92 Å². The number of sulfonamides is 1. The molecule has 1 N–H and O–H groups in total. The Morgan fingerprint density at radius 3 is 2.42 bits per heavy atom. The molecule has 176 valence electrons. The molecule has 9 heteroatoms. The van der Waals surface area contributed by atoms with Gasteiger partial charge in [-0.05, 0) is 67.1 Å². The van der Waals surface area contributed by atoms with E-state index in [2.05, 4.69) is 5.32 Å². The number of aryl methyl sites for hydroxylation is 1. The fourth-order valence-electron chi connectivity index (χ4n) is 4.50. The van der Waals surface area contributed by atoms with Crippen LogP contribution in [0.3, 0.4) is 0 Å². The molecule has 0 aliphatic carbocycles. The Balaban J connectivity index is 1.37. The van der Waals surface area contributed by atoms with Crippen LogP contribution in [0.5, 0.6) is 0 Å². The lowest BCUT2D eigenvalue weighted by molar-refractivity contribution is -0.126. The van der Waals surface area contributed by atoms with E-state index in [1.807, 2.05) is 12.1 Å². The maximum Gasteiger partial charge on any atom is 0.243 e. The third kappa shape index (κ3) is 5.23. The molecule has 2 aromatic rings. The predicted molar refractivity (Wildman–Crippen MR) is 128 cm³/mol. The summed E-state index contributed by atoms with van der Waals surface area (Å²) in [6.45, 7) is 3.20. The van der Waals surface area contributed by atoms with Gasteiger partial charge in [-0.25, -0.2) is 8.42 Å². The molecule has 2 aromatic carbocycles. The normalized spacial score (nSPS) is 17.5. The average Bonchev–Trinajstić information content (AvgIpc) is 2.82. The van der Waals surface area contributed by atoms with Crippen LogP contribution in [0.15, 0.2) is 47.4 Å². The van der Waals surface area contributed by atoms with Gasteiger partial charge in [0.25, 0.3) is 0 Å². The first-order valence-corrected chi connectivity index (χ1v) is 13.0. The number of nitrogens with one attached hydrogen (secondary N) is 1. The minimum atomic E-state index is -3.66. The number of hydrogen-bond acceptors (Lipinski definition) is 4. The Hall–Kier alpha value is -2.42. The average molecular weight is 490 g/mol. The Morgan fingerprint density at radius 1 is 1.06 bits per heavy atom. The summed E-state index contributed by atoms with van der Waals surface area (Å²) in [6.07, 6.45) is 2.52. The molecule has 0 saturated carbocycles. The van der Waals surface area contributed by atoms with Crippen molar-refractivity contribution in [2.24, 2.45) is 5.92 Å². The topological polar surface area (TPSA) is 86.8 Å². The number of anilines is 1. The molecule has 0 bridgehead atoms. The lowest BCUT2D eigenvalue weighted by atomic mass is 9.97. The van der Waals surface area contributed by atoms with Crippen molar-refractivity contribution in [1.29, 1.82) is 0 Å². The van der Waals surface area contributed by atoms with Gasteiger partial charge in [0.1, 0.15) is 0 Å². The summed E-state index contributed by atoms with van der Waals surface area (Å²) in [5.41, 5.74) is 2.64. The monoisotopic (exact) mass is 489 g/mol. The van der Waals surface area contributed by atoms with Crippen molar-refractivity contribution >= 4 is 39.1 Å². The number of carbonyl (C=O) groups excluding carboxylic acids is 2. The standard InChI is InChI=1S/C24H28ClN3O4S/c1-17(29)28-12-2-3-20-15-22(8-9-23(20)28)33(31,32)27-13-10-19(11-14-27)24(30)26-16-18-4-6-21(25)7-5-18/h4-9,15,19H,2-3,10-14,16H2,1H3,(H,26,30). The van der Waals surface area contributed by atoms with Gasteiger partial charge in [0, 0.05) is 49.7 Å². The lowest BCUT2D eigenvalue weighted by Gasteiger charge is -2.32. The number of fused-ring (bicyclic) bond motifs is 1. The summed E-state index contributed by atoms with van der Waals surface area (Å²) in [6, 6.07) is 12.3. The Bertz CT molecular complexity index is 1140. The molecule has 2 aliphatic heterocycles. The van der Waals surface area contributed by atoms with Crippen molar-refractivity contribution in [3.63, 3.8) is 0 Å². The zero-order valence-electron chi connectivity index (χ0n) is 18.6. The number of nitrogens with zero attached hydrogens (tertiary/aromatic N) is 2. The van der Waals surface area contributed by atoms with Crippen LogP contribution in [0.25, 0.3) is 0 Å². The van der Waals surface area contributed by atoms with Crippen LogP contribution >= 0.6 is 11.6 Å². The van der Waals surface area contributed by atoms with E-state index in [9.17, 15) is 18.0 Å². The minimum Gasteiger partial charge on any atom is -0.352 e. The first kappa shape index (κ1) is 23.7. The molecule has 2 amide bonds. The van der Waals surface area contributed by atoms with Crippen LogP contribution in [0.2, 0.25) is 5.02 Å². The van der Waals surface area contributed by atoms with Crippen molar-refractivity contribution in [3.8, 4) is 0 Å². The maximum absolute atomic E-state index is 13.2. The maximum atomic E-state index is 13.2. The summed E-state index contributed by atoms with van der Waals surface area (Å²) in [5.74, 6) is -0.306. The highest BCUT2D eigenvalue weighted by atomic mass is 35.5. The summed E-state index contributed by atoms with van der Waals surface area (Å²) in [7, 11) is -3.66. The van der Waals surface area contributed by atoms with Gasteiger partial charge < -0.3 is 10.2 Å². The molecular formula is C24H28ClN3O4S. The van der Waals surface area contributed by atoms with E-state index in [-0.39, 0.29) is 22.6 Å². The van der Waals surface area contributed by atoms with E-state index in [0.717, 1.165) is 29.7 Å². The molecule has 33 heavy (non-hydrogen) atoms. The minimum absolute atomic E-state index is 0.0389. The van der Waals surface area contributed by atoms with Crippen LogP contribution < -0.4 is 10.2 Å². The number of hydrogen-bond donors (Lipinski definition) is 1. The number of rotatable bonds is 5. The van der Waals surface area contributed by atoms with E-state index in [1.165, 1.54) is 11.2 Å². The van der Waals surface area contributed by atoms with Gasteiger partial charge in [-0.2, -0.15) is 4.31 Å². The Morgan fingerprint density at radius 2 is 1.76 bits per heavy atom. The van der Waals surface area contributed by atoms with Gasteiger partial charge in [0.2, 0.25) is 21.8 Å². The molecule has 1 fully saturated rings. The largest absolute Gasteiger partial charge is 0.352 e. The van der Waals surface area contributed by atoms with Gasteiger partial charge in [0.05, 0.1) is 4.90 Å². The van der Waals surface area contributed by atoms with E-state index < -0.39 is 10.0 Å². The first-order chi connectivity index (χ1) is 15.8. The summed E-state index contributed by atoms with van der Waals surface area (Å²) in [4.78, 5) is 26.4. The quantitative estimate of drug-likeness (QED) is 0.697. The highest BCUT2D eigenvalue weighted by Crippen LogP contribution is 2.31. The third-order valence-corrected chi connectivity index (χ3v) is 8.54. The molecule has 4 rings (SSSR count). The molecule has 0 spiro atoms. The summed E-state index contributed by atoms with van der Waals surface area (Å²) in [5, 5.41) is 3.59. The van der Waals surface area contributed by atoms with Crippen molar-refractivity contribution in [1.82, 2.24) is 9.62 Å². The summed E-state index contributed by atoms with van der Waals surface area (Å²) < 4.78 is 27.9. The second-order valence-corrected chi connectivity index (χ2v) is 11.0. The Kier molecular flexibility index (Phi) is 7.07. The van der Waals surface area contributed by atoms with Crippen molar-refractivity contribution in [3.05, 3.63) is 58.6 Å². The number of amides is 2. The molecule has 0 radical (unpaired) electrons. The van der Waals surface area contributed by atoms with Crippen molar-refractivity contribution in [2.45, 2.75) is 44.0 Å². The van der Waals surface area contributed by atoms with Gasteiger partial charge in [-0.3, -0.25) is 9.59 Å². The second kappa shape index (κ2) is 9.83. The number of halogens is 1. The zero-order valence-corrected chi connectivity index (χ0v) is 20.2. The molecular weight excluding hydrogens is 462 g/mol. The van der Waals surface area contributed by atoms with Gasteiger partial charge in [0.15, 0.2) is 0 Å². The van der Waals surface area contributed by atoms with Crippen LogP contribution in [0.1, 0.15) is 37.3 Å². The van der Waals surface area contributed by atoms with Gasteiger partial charge >= 0.3 is 0 Å². The number of piperidine rings is 1. The lowest BCUT2D eigenvalue weighted by Crippen LogP contribution is -2.43. The fourth-order valence-corrected chi connectivity index (χ4v) is 6.15. The van der Waals surface area contributed by atoms with Gasteiger partial charge in [-0.1, -0.05) is 23.7 Å². The smallest absolute Gasteiger partial charge is 0.243 e. The van der Waals surface area contributed by atoms with E-state index in [1.54, 1.807) is 35.2 Å². The number of benzene rings is 2. The third-order valence-electron chi connectivity index (χ3n) is 6.39. The highest BCUT2D eigenvalue weighted by Gasteiger charge is 2.33. The van der Waals surface area contributed by atoms with Crippen LogP contribution in [-0.2, 0) is 32.6 Å². The molecule has 0 aromatic heterocycles. The van der Waals surface area contributed by atoms with Crippen molar-refractivity contribution in [2.75, 3.05) is 24.5 Å². The van der Waals surface area contributed by atoms with Gasteiger partial charge in [-0.15, -0.1) is 0 Å². The highest BCUT2D eigenvalue weighted by molar-refractivity contribution is 7.89. The van der Waals surface area contributed by atoms with Crippen LogP contribution in [0.4, 0.5) is 5.69 Å². The van der Waals surface area contributed by atoms with E-state index in [4.69, 9.17) is 11.6 Å². The van der Waals surface area contributed by atoms with Crippen molar-refractivity contribution < 1.29 is 18.0 Å². The second-order valence-electron chi connectivity index (χ2n) is 8.59. The molecule has 2 aliphatic rings. The molecule has 0 atom stereocenters. The molecule has 0 unspecified atom stereocenters. The molecule has 1 saturated heterocycles. The summed E-state index contributed by atoms with van der Waals surface area (Å²) >= 11 is 5.89. The van der Waals surface area contributed by atoms with Crippen LogP contribution in [-0.4, -0.2) is 44.2 Å². The Labute approximate surface area is 199 Å². The molecule has 2 heterocycles. The zero-order chi connectivity index (χ0) is 23.6. The van der Waals surface area contributed by atoms with E-state index in [0.29, 0.717) is 44.0 Å². The fraction of sp³-hybridized carbons (Fsp3) is 0.417. The predicted octanol–water partition coefficient (Wildman–Crippen LogP) is 3.36. The number of carbonyl (C=O) groups is 2. The molecule has 7 nitrogen and oxygen atoms in total. The van der Waals surface area contributed by atoms with E-state index >= 15 is 0 Å².